The molecular weight excluding hydrogens is 192 g/mol. The highest BCUT2D eigenvalue weighted by molar-refractivity contribution is 5.30. The van der Waals surface area contributed by atoms with Crippen LogP contribution in [0.2, 0.25) is 0 Å². The predicted molar refractivity (Wildman–Crippen MR) is 71.6 cm³/mol. The van der Waals surface area contributed by atoms with Crippen molar-refractivity contribution in [3.05, 3.63) is 47.5 Å². The van der Waals surface area contributed by atoms with Gasteiger partial charge in [0.05, 0.1) is 0 Å². The van der Waals surface area contributed by atoms with Crippen LogP contribution in [0.3, 0.4) is 0 Å². The van der Waals surface area contributed by atoms with Crippen LogP contribution < -0.4 is 0 Å². The van der Waals surface area contributed by atoms with Gasteiger partial charge in [-0.05, 0) is 29.0 Å². The molecule has 0 atom stereocenters. The molecule has 0 aliphatic rings. The van der Waals surface area contributed by atoms with Crippen molar-refractivity contribution in [3.8, 4) is 0 Å². The summed E-state index contributed by atoms with van der Waals surface area (Å²) in [5, 5.41) is 0. The van der Waals surface area contributed by atoms with E-state index in [9.17, 15) is 0 Å². The van der Waals surface area contributed by atoms with Gasteiger partial charge in [0.2, 0.25) is 0 Å². The average molecular weight is 215 g/mol. The van der Waals surface area contributed by atoms with Gasteiger partial charge in [-0.25, -0.2) is 0 Å². The Hall–Kier alpha value is -1.04. The van der Waals surface area contributed by atoms with Gasteiger partial charge in [0, 0.05) is 0 Å². The third-order valence-electron chi connectivity index (χ3n) is 2.72. The SMILES string of the molecule is CCCC/C=[C]\c1ccc(C(C)(C)C)cc1. The number of benzene rings is 1. The smallest absolute Gasteiger partial charge is 0.0132 e. The van der Waals surface area contributed by atoms with Crippen LogP contribution in [0.1, 0.15) is 58.1 Å². The quantitative estimate of drug-likeness (QED) is 0.628. The van der Waals surface area contributed by atoms with E-state index in [1.807, 2.05) is 0 Å². The topological polar surface area (TPSA) is 0 Å². The molecule has 0 heteroatoms. The summed E-state index contributed by atoms with van der Waals surface area (Å²) < 4.78 is 0. The molecule has 0 N–H and O–H groups in total. The molecule has 1 aromatic carbocycles. The Labute approximate surface area is 100 Å². The van der Waals surface area contributed by atoms with Crippen LogP contribution in [0.25, 0.3) is 0 Å². The number of hydrogen-bond donors (Lipinski definition) is 0. The molecule has 1 aromatic rings. The summed E-state index contributed by atoms with van der Waals surface area (Å²) in [6.07, 6.45) is 9.13. The second-order valence-electron chi connectivity index (χ2n) is 5.32. The Kier molecular flexibility index (Phi) is 4.79. The molecular formula is C16H23. The first-order valence-electron chi connectivity index (χ1n) is 6.23. The zero-order chi connectivity index (χ0) is 12.0. The molecule has 0 amide bonds. The van der Waals surface area contributed by atoms with E-state index in [0.29, 0.717) is 0 Å². The van der Waals surface area contributed by atoms with Gasteiger partial charge < -0.3 is 0 Å². The molecule has 1 radical (unpaired) electrons. The van der Waals surface area contributed by atoms with E-state index in [0.717, 1.165) is 6.42 Å². The normalized spacial score (nSPS) is 12.2. The van der Waals surface area contributed by atoms with Crippen LogP contribution in [-0.4, -0.2) is 0 Å². The third kappa shape index (κ3) is 4.22. The van der Waals surface area contributed by atoms with Gasteiger partial charge >= 0.3 is 0 Å². The summed E-state index contributed by atoms with van der Waals surface area (Å²) in [5.41, 5.74) is 2.81. The second-order valence-corrected chi connectivity index (χ2v) is 5.32. The lowest BCUT2D eigenvalue weighted by Gasteiger charge is -2.18. The molecule has 0 fully saturated rings. The number of unbranched alkanes of at least 4 members (excludes halogenated alkanes) is 2. The molecule has 87 valence electrons. The Morgan fingerprint density at radius 1 is 1.12 bits per heavy atom. The molecule has 0 aromatic heterocycles. The minimum atomic E-state index is 0.241. The van der Waals surface area contributed by atoms with Gasteiger partial charge in [0.1, 0.15) is 0 Å². The minimum absolute atomic E-state index is 0.241. The fourth-order valence-electron chi connectivity index (χ4n) is 1.56. The highest BCUT2D eigenvalue weighted by atomic mass is 14.2. The summed E-state index contributed by atoms with van der Waals surface area (Å²) >= 11 is 0. The van der Waals surface area contributed by atoms with Crippen LogP contribution in [0, 0.1) is 6.08 Å². The lowest BCUT2D eigenvalue weighted by molar-refractivity contribution is 0.590. The van der Waals surface area contributed by atoms with E-state index in [4.69, 9.17) is 0 Å². The van der Waals surface area contributed by atoms with E-state index in [1.165, 1.54) is 24.0 Å². The van der Waals surface area contributed by atoms with E-state index in [2.05, 4.69) is 64.1 Å². The minimum Gasteiger partial charge on any atom is -0.0760 e. The highest BCUT2D eigenvalue weighted by Crippen LogP contribution is 2.22. The Morgan fingerprint density at radius 3 is 2.25 bits per heavy atom. The van der Waals surface area contributed by atoms with Gasteiger partial charge in [-0.1, -0.05) is 70.9 Å². The number of rotatable bonds is 4. The maximum atomic E-state index is 3.33. The molecule has 1 rings (SSSR count). The molecule has 0 aliphatic heterocycles. The van der Waals surface area contributed by atoms with Gasteiger partial charge in [0.15, 0.2) is 0 Å². The van der Waals surface area contributed by atoms with Gasteiger partial charge in [-0.3, -0.25) is 0 Å². The van der Waals surface area contributed by atoms with Crippen LogP contribution in [0.5, 0.6) is 0 Å². The summed E-state index contributed by atoms with van der Waals surface area (Å²) in [6.45, 7) is 8.93. The third-order valence-corrected chi connectivity index (χ3v) is 2.72. The lowest BCUT2D eigenvalue weighted by Crippen LogP contribution is -2.10. The average Bonchev–Trinajstić information content (AvgIpc) is 2.24. The zero-order valence-corrected chi connectivity index (χ0v) is 11.0. The summed E-state index contributed by atoms with van der Waals surface area (Å²) in [6, 6.07) is 8.72. The van der Waals surface area contributed by atoms with E-state index in [-0.39, 0.29) is 5.41 Å². The summed E-state index contributed by atoms with van der Waals surface area (Å²) in [7, 11) is 0. The lowest BCUT2D eigenvalue weighted by atomic mass is 9.87. The maximum Gasteiger partial charge on any atom is -0.0132 e. The first-order valence-corrected chi connectivity index (χ1v) is 6.23. The molecule has 0 saturated carbocycles. The van der Waals surface area contributed by atoms with Crippen molar-refractivity contribution in [2.45, 2.75) is 52.4 Å². The Balaban J connectivity index is 2.61. The molecule has 0 bridgehead atoms. The Morgan fingerprint density at radius 2 is 1.75 bits per heavy atom. The van der Waals surface area contributed by atoms with Crippen molar-refractivity contribution in [2.24, 2.45) is 0 Å². The van der Waals surface area contributed by atoms with E-state index in [1.54, 1.807) is 0 Å². The summed E-state index contributed by atoms with van der Waals surface area (Å²) in [5.74, 6) is 0. The molecule has 0 unspecified atom stereocenters. The van der Waals surface area contributed by atoms with Crippen molar-refractivity contribution in [3.63, 3.8) is 0 Å². The standard InChI is InChI=1S/C16H23/c1-5-6-7-8-9-14-10-12-15(13-11-14)16(2,3)4/h8,10-13H,5-7H2,1-4H3. The van der Waals surface area contributed by atoms with Crippen molar-refractivity contribution in [2.75, 3.05) is 0 Å². The number of allylic oxidation sites excluding steroid dienone is 1. The predicted octanol–water partition coefficient (Wildman–Crippen LogP) is 4.88. The van der Waals surface area contributed by atoms with Crippen LogP contribution in [0.4, 0.5) is 0 Å². The van der Waals surface area contributed by atoms with Crippen LogP contribution >= 0.6 is 0 Å². The van der Waals surface area contributed by atoms with Gasteiger partial charge in [-0.2, -0.15) is 0 Å². The van der Waals surface area contributed by atoms with Crippen molar-refractivity contribution in [1.29, 1.82) is 0 Å². The molecule has 0 nitrogen and oxygen atoms in total. The monoisotopic (exact) mass is 215 g/mol. The fourth-order valence-corrected chi connectivity index (χ4v) is 1.56. The molecule has 0 heterocycles. The van der Waals surface area contributed by atoms with Crippen LogP contribution in [-0.2, 0) is 5.41 Å². The van der Waals surface area contributed by atoms with E-state index < -0.39 is 0 Å². The largest absolute Gasteiger partial charge is 0.0760 e. The van der Waals surface area contributed by atoms with E-state index >= 15 is 0 Å². The van der Waals surface area contributed by atoms with Crippen molar-refractivity contribution < 1.29 is 0 Å². The van der Waals surface area contributed by atoms with Gasteiger partial charge in [-0.15, -0.1) is 0 Å². The van der Waals surface area contributed by atoms with Crippen LogP contribution in [0.15, 0.2) is 30.3 Å². The molecule has 0 spiro atoms. The molecule has 16 heavy (non-hydrogen) atoms. The highest BCUT2D eigenvalue weighted by Gasteiger charge is 2.12. The first-order chi connectivity index (χ1) is 7.54. The van der Waals surface area contributed by atoms with Gasteiger partial charge in [0.25, 0.3) is 0 Å². The molecule has 0 saturated heterocycles. The Bertz CT molecular complexity index is 322. The fraction of sp³-hybridized carbons (Fsp3) is 0.500. The second kappa shape index (κ2) is 5.89. The van der Waals surface area contributed by atoms with Crippen molar-refractivity contribution >= 4 is 0 Å². The maximum absolute atomic E-state index is 3.33. The zero-order valence-electron chi connectivity index (χ0n) is 11.0. The molecule has 0 aliphatic carbocycles. The van der Waals surface area contributed by atoms with Crippen molar-refractivity contribution in [1.82, 2.24) is 0 Å². The number of hydrogen-bond acceptors (Lipinski definition) is 0. The first kappa shape index (κ1) is 13.0. The summed E-state index contributed by atoms with van der Waals surface area (Å²) in [4.78, 5) is 0.